The maximum absolute atomic E-state index is 11.1. The molecule has 0 aliphatic heterocycles. The summed E-state index contributed by atoms with van der Waals surface area (Å²) in [5, 5.41) is 18.9. The molecule has 92 valence electrons. The van der Waals surface area contributed by atoms with Crippen LogP contribution in [-0.2, 0) is 0 Å². The van der Waals surface area contributed by atoms with Crippen LogP contribution in [0.15, 0.2) is 18.2 Å². The maximum Gasteiger partial charge on any atom is 0.353 e. The number of nitrogens with one attached hydrogen (secondary N) is 1. The highest BCUT2D eigenvalue weighted by Crippen LogP contribution is 2.23. The van der Waals surface area contributed by atoms with Crippen LogP contribution in [-0.4, -0.2) is 27.1 Å². The van der Waals surface area contributed by atoms with Gasteiger partial charge in [0.25, 0.3) is 0 Å². The van der Waals surface area contributed by atoms with E-state index in [1.165, 1.54) is 6.07 Å². The number of carboxylic acid groups (broad SMARTS) is 2. The topological polar surface area (TPSA) is 90.4 Å². The molecule has 0 aliphatic rings. The highest BCUT2D eigenvalue weighted by Gasteiger charge is 2.20. The minimum absolute atomic E-state index is 0.0229. The summed E-state index contributed by atoms with van der Waals surface area (Å²) in [4.78, 5) is 24.6. The third-order valence-corrected chi connectivity index (χ3v) is 3.05. The van der Waals surface area contributed by atoms with Crippen LogP contribution in [0.25, 0.3) is 10.9 Å². The molecule has 0 saturated carbocycles. The molecule has 0 saturated heterocycles. The van der Waals surface area contributed by atoms with E-state index >= 15 is 0 Å². The molecule has 0 amide bonds. The van der Waals surface area contributed by atoms with Gasteiger partial charge in [-0.05, 0) is 18.2 Å². The molecule has 0 fully saturated rings. The first-order valence-corrected chi connectivity index (χ1v) is 5.52. The second kappa shape index (κ2) is 4.40. The molecule has 0 radical (unpaired) electrons. The zero-order valence-electron chi connectivity index (χ0n) is 8.73. The number of pyridine rings is 1. The summed E-state index contributed by atoms with van der Waals surface area (Å²) in [7, 11) is 0. The minimum Gasteiger partial charge on any atom is -0.478 e. The minimum atomic E-state index is -1.39. The van der Waals surface area contributed by atoms with Crippen molar-refractivity contribution in [1.29, 1.82) is 0 Å². The second-order valence-electron chi connectivity index (χ2n) is 3.50. The van der Waals surface area contributed by atoms with Gasteiger partial charge in [-0.3, -0.25) is 0 Å². The number of aromatic amines is 1. The van der Waals surface area contributed by atoms with Gasteiger partial charge >= 0.3 is 11.9 Å². The van der Waals surface area contributed by atoms with Crippen molar-refractivity contribution in [2.24, 2.45) is 0 Å². The molecule has 1 aromatic carbocycles. The van der Waals surface area contributed by atoms with Gasteiger partial charge in [-0.15, -0.1) is 0 Å². The summed E-state index contributed by atoms with van der Waals surface area (Å²) in [5.41, 5.74) is -0.496. The normalized spacial score (nSPS) is 10.5. The lowest BCUT2D eigenvalue weighted by Gasteiger charge is -2.06. The lowest BCUT2D eigenvalue weighted by molar-refractivity contribution is 0.0646. The molecule has 0 spiro atoms. The predicted molar refractivity (Wildman–Crippen MR) is 68.1 cm³/mol. The Kier molecular flexibility index (Phi) is 3.06. The van der Waals surface area contributed by atoms with E-state index in [2.05, 4.69) is 4.98 Å². The first-order chi connectivity index (χ1) is 8.41. The largest absolute Gasteiger partial charge is 0.478 e. The number of aromatic nitrogens is 1. The van der Waals surface area contributed by atoms with Gasteiger partial charge < -0.3 is 15.2 Å². The fourth-order valence-corrected chi connectivity index (χ4v) is 2.17. The second-order valence-corrected chi connectivity index (χ2v) is 4.35. The van der Waals surface area contributed by atoms with Crippen LogP contribution < -0.4 is 0 Å². The first kappa shape index (κ1) is 12.5. The van der Waals surface area contributed by atoms with Gasteiger partial charge in [0.1, 0.15) is 11.3 Å². The average Bonchev–Trinajstić information content (AvgIpc) is 2.27. The lowest BCUT2D eigenvalue weighted by Crippen LogP contribution is -2.11. The highest BCUT2D eigenvalue weighted by atomic mass is 35.5. The fourth-order valence-electron chi connectivity index (χ4n) is 1.63. The van der Waals surface area contributed by atoms with Crippen molar-refractivity contribution in [2.75, 3.05) is 0 Å². The van der Waals surface area contributed by atoms with E-state index in [9.17, 15) is 9.59 Å². The van der Waals surface area contributed by atoms with Crippen LogP contribution in [0, 0.1) is 4.51 Å². The number of H-pyrrole nitrogens is 1. The Balaban J connectivity index is 2.99. The van der Waals surface area contributed by atoms with E-state index < -0.39 is 23.2 Å². The Morgan fingerprint density at radius 1 is 1.22 bits per heavy atom. The Hall–Kier alpha value is -1.92. The number of carbonyl (C=O) groups is 2. The van der Waals surface area contributed by atoms with Gasteiger partial charge in [-0.25, -0.2) is 9.59 Å². The van der Waals surface area contributed by atoms with Crippen molar-refractivity contribution >= 4 is 46.7 Å². The molecule has 0 atom stereocenters. The monoisotopic (exact) mass is 283 g/mol. The molecule has 2 rings (SSSR count). The van der Waals surface area contributed by atoms with Crippen LogP contribution in [0.4, 0.5) is 0 Å². The van der Waals surface area contributed by atoms with Crippen LogP contribution in [0.1, 0.15) is 20.8 Å². The SMILES string of the molecule is O=C(O)c1[nH]c2cc(Cl)ccc2c(=S)c1C(=O)O. The molecule has 0 unspecified atom stereocenters. The summed E-state index contributed by atoms with van der Waals surface area (Å²) in [6.07, 6.45) is 0. The number of hydrogen-bond acceptors (Lipinski definition) is 3. The van der Waals surface area contributed by atoms with Gasteiger partial charge in [0.15, 0.2) is 0 Å². The number of aromatic carboxylic acids is 2. The zero-order chi connectivity index (χ0) is 13.4. The molecule has 18 heavy (non-hydrogen) atoms. The molecule has 0 bridgehead atoms. The molecule has 5 nitrogen and oxygen atoms in total. The summed E-state index contributed by atoms with van der Waals surface area (Å²) in [6, 6.07) is 4.60. The fraction of sp³-hybridized carbons (Fsp3) is 0. The summed E-state index contributed by atoms with van der Waals surface area (Å²) in [6.45, 7) is 0. The Morgan fingerprint density at radius 3 is 2.44 bits per heavy atom. The van der Waals surface area contributed by atoms with Crippen LogP contribution in [0.2, 0.25) is 5.02 Å². The number of benzene rings is 1. The standard InChI is InChI=1S/C11H6ClNO4S/c12-4-1-2-5-6(3-4)13-8(11(16)17)7(9(5)18)10(14)15/h1-3H,(H,13,18)(H,14,15)(H,16,17). The van der Waals surface area contributed by atoms with Crippen molar-refractivity contribution in [3.8, 4) is 0 Å². The molecule has 2 aromatic rings. The zero-order valence-corrected chi connectivity index (χ0v) is 10.3. The van der Waals surface area contributed by atoms with Crippen LogP contribution >= 0.6 is 23.8 Å². The Bertz CT molecular complexity index is 738. The summed E-state index contributed by atoms with van der Waals surface area (Å²) < 4.78 is -0.0229. The van der Waals surface area contributed by atoms with E-state index in [1.54, 1.807) is 12.1 Å². The summed E-state index contributed by atoms with van der Waals surface area (Å²) >= 11 is 10.8. The number of carboxylic acids is 2. The number of halogens is 1. The molecule has 1 aromatic heterocycles. The van der Waals surface area contributed by atoms with Crippen molar-refractivity contribution in [3.05, 3.63) is 39.0 Å². The molecule has 3 N–H and O–H groups in total. The van der Waals surface area contributed by atoms with Crippen LogP contribution in [0.5, 0.6) is 0 Å². The lowest BCUT2D eigenvalue weighted by atomic mass is 10.1. The van der Waals surface area contributed by atoms with Gasteiger partial charge in [0.05, 0.1) is 4.51 Å². The van der Waals surface area contributed by atoms with Crippen LogP contribution in [0.3, 0.4) is 0 Å². The van der Waals surface area contributed by atoms with Gasteiger partial charge in [0, 0.05) is 15.9 Å². The smallest absolute Gasteiger partial charge is 0.353 e. The van der Waals surface area contributed by atoms with Gasteiger partial charge in [-0.2, -0.15) is 0 Å². The van der Waals surface area contributed by atoms with E-state index in [0.29, 0.717) is 15.9 Å². The first-order valence-electron chi connectivity index (χ1n) is 4.74. The van der Waals surface area contributed by atoms with E-state index in [1.807, 2.05) is 0 Å². The third kappa shape index (κ3) is 1.96. The Labute approximate surface area is 111 Å². The third-order valence-electron chi connectivity index (χ3n) is 2.39. The van der Waals surface area contributed by atoms with Crippen molar-refractivity contribution in [1.82, 2.24) is 4.98 Å². The number of rotatable bonds is 2. The molecule has 1 heterocycles. The van der Waals surface area contributed by atoms with E-state index in [-0.39, 0.29) is 4.51 Å². The summed E-state index contributed by atoms with van der Waals surface area (Å²) in [5.74, 6) is -2.77. The molecular weight excluding hydrogens is 278 g/mol. The Morgan fingerprint density at radius 2 is 1.89 bits per heavy atom. The van der Waals surface area contributed by atoms with Crippen molar-refractivity contribution in [3.63, 3.8) is 0 Å². The molecular formula is C11H6ClNO4S. The molecule has 0 aliphatic carbocycles. The van der Waals surface area contributed by atoms with E-state index in [4.69, 9.17) is 34.0 Å². The van der Waals surface area contributed by atoms with E-state index in [0.717, 1.165) is 0 Å². The average molecular weight is 284 g/mol. The number of fused-ring (bicyclic) bond motifs is 1. The van der Waals surface area contributed by atoms with Gasteiger partial charge in [0.2, 0.25) is 0 Å². The quantitative estimate of drug-likeness (QED) is 0.737. The molecule has 7 heteroatoms. The van der Waals surface area contributed by atoms with Gasteiger partial charge in [-0.1, -0.05) is 23.8 Å². The van der Waals surface area contributed by atoms with Crippen molar-refractivity contribution in [2.45, 2.75) is 0 Å². The number of hydrogen-bond donors (Lipinski definition) is 3. The maximum atomic E-state index is 11.1. The highest BCUT2D eigenvalue weighted by molar-refractivity contribution is 7.71. The predicted octanol–water partition coefficient (Wildman–Crippen LogP) is 2.95. The van der Waals surface area contributed by atoms with Crippen molar-refractivity contribution < 1.29 is 19.8 Å².